The number of aldehydes is 1. The smallest absolute Gasteiger partial charge is 0.160 e. The van der Waals surface area contributed by atoms with Crippen LogP contribution in [0, 0.1) is 0 Å². The minimum Gasteiger partial charge on any atom is -0.297 e. The van der Waals surface area contributed by atoms with Gasteiger partial charge in [0.2, 0.25) is 0 Å². The maximum atomic E-state index is 10.7. The van der Waals surface area contributed by atoms with E-state index in [1.807, 2.05) is 24.3 Å². The fourth-order valence-corrected chi connectivity index (χ4v) is 1.89. The molecule has 54 valence electrons. The predicted molar refractivity (Wildman–Crippen MR) is 47.2 cm³/mol. The Morgan fingerprint density at radius 3 is 3.00 bits per heavy atom. The Labute approximate surface area is 69.7 Å². The van der Waals surface area contributed by atoms with E-state index in [1.165, 1.54) is 11.3 Å². The van der Waals surface area contributed by atoms with Crippen LogP contribution >= 0.6 is 11.3 Å². The van der Waals surface area contributed by atoms with Crippen molar-refractivity contribution in [3.63, 3.8) is 0 Å². The third kappa shape index (κ3) is 1.05. The molecule has 2 rings (SSSR count). The highest BCUT2D eigenvalue weighted by Crippen LogP contribution is 2.23. The van der Waals surface area contributed by atoms with E-state index in [2.05, 4.69) is 0 Å². The third-order valence-electron chi connectivity index (χ3n) is 1.53. The van der Waals surface area contributed by atoms with E-state index >= 15 is 0 Å². The van der Waals surface area contributed by atoms with E-state index in [4.69, 9.17) is 1.37 Å². The lowest BCUT2D eigenvalue weighted by Gasteiger charge is -1.82. The number of carbonyl (C=O) groups is 1. The molecule has 1 nitrogen and oxygen atoms in total. The van der Waals surface area contributed by atoms with Gasteiger partial charge in [-0.15, -0.1) is 11.3 Å². The molecule has 0 N–H and O–H groups in total. The molecule has 0 radical (unpaired) electrons. The minimum absolute atomic E-state index is 0.510. The molecule has 1 heterocycles. The average Bonchev–Trinajstić information content (AvgIpc) is 2.46. The molecule has 0 amide bonds. The van der Waals surface area contributed by atoms with E-state index < -0.39 is 6.26 Å². The first kappa shape index (κ1) is 5.49. The monoisotopic (exact) mass is 163 g/mol. The summed E-state index contributed by atoms with van der Waals surface area (Å²) in [6.07, 6.45) is -0.601. The van der Waals surface area contributed by atoms with Crippen LogP contribution in [0.1, 0.15) is 11.0 Å². The van der Waals surface area contributed by atoms with Crippen molar-refractivity contribution < 1.29 is 6.17 Å². The zero-order valence-corrected chi connectivity index (χ0v) is 6.52. The van der Waals surface area contributed by atoms with Crippen LogP contribution in [0.4, 0.5) is 0 Å². The Morgan fingerprint density at radius 1 is 1.45 bits per heavy atom. The largest absolute Gasteiger partial charge is 0.297 e. The molecular formula is C9H6OS. The zero-order chi connectivity index (χ0) is 8.55. The second-order valence-electron chi connectivity index (χ2n) is 2.25. The molecule has 2 aromatic rings. The molecule has 0 bridgehead atoms. The molecule has 0 fully saturated rings. The van der Waals surface area contributed by atoms with E-state index in [-0.39, 0.29) is 0 Å². The van der Waals surface area contributed by atoms with Gasteiger partial charge in [-0.2, -0.15) is 0 Å². The molecule has 11 heavy (non-hydrogen) atoms. The Kier molecular flexibility index (Phi) is 1.24. The normalized spacial score (nSPS) is 11.5. The maximum Gasteiger partial charge on any atom is 0.160 e. The molecule has 0 aliphatic rings. The van der Waals surface area contributed by atoms with Crippen molar-refractivity contribution in [2.24, 2.45) is 0 Å². The third-order valence-corrected chi connectivity index (χ3v) is 2.54. The lowest BCUT2D eigenvalue weighted by molar-refractivity contribution is 0.112. The maximum absolute atomic E-state index is 10.7. The van der Waals surface area contributed by atoms with Gasteiger partial charge < -0.3 is 0 Å². The first-order chi connectivity index (χ1) is 5.77. The first-order valence-electron chi connectivity index (χ1n) is 3.77. The standard InChI is InChI=1S/C9H6OS/c10-6-8-5-7-3-1-2-4-9(7)11-8/h1-6H/i6D. The van der Waals surface area contributed by atoms with Crippen molar-refractivity contribution in [3.05, 3.63) is 35.2 Å². The summed E-state index contributed by atoms with van der Waals surface area (Å²) in [5.74, 6) is 0. The lowest BCUT2D eigenvalue weighted by Crippen LogP contribution is -1.62. The fraction of sp³-hybridized carbons (Fsp3) is 0. The minimum atomic E-state index is -0.601. The quantitative estimate of drug-likeness (QED) is 0.591. The Bertz CT molecular complexity index is 400. The van der Waals surface area contributed by atoms with Gasteiger partial charge in [-0.25, -0.2) is 0 Å². The van der Waals surface area contributed by atoms with Crippen molar-refractivity contribution in [2.45, 2.75) is 0 Å². The van der Waals surface area contributed by atoms with E-state index in [1.54, 1.807) is 6.07 Å². The summed E-state index contributed by atoms with van der Waals surface area (Å²) >= 11 is 1.37. The van der Waals surface area contributed by atoms with Crippen molar-refractivity contribution >= 4 is 27.7 Å². The van der Waals surface area contributed by atoms with Crippen molar-refractivity contribution in [3.8, 4) is 0 Å². The van der Waals surface area contributed by atoms with Crippen molar-refractivity contribution in [1.29, 1.82) is 0 Å². The molecule has 0 aliphatic carbocycles. The number of benzene rings is 1. The molecule has 2 heteroatoms. The first-order valence-corrected chi connectivity index (χ1v) is 4.08. The summed E-state index contributed by atoms with van der Waals surface area (Å²) in [6.45, 7) is 0. The number of fused-ring (bicyclic) bond motifs is 1. The van der Waals surface area contributed by atoms with Gasteiger partial charge in [-0.05, 0) is 17.5 Å². The van der Waals surface area contributed by atoms with Gasteiger partial charge >= 0.3 is 0 Å². The molecule has 0 saturated carbocycles. The van der Waals surface area contributed by atoms with Crippen molar-refractivity contribution in [2.75, 3.05) is 0 Å². The van der Waals surface area contributed by atoms with Crippen LogP contribution < -0.4 is 0 Å². The van der Waals surface area contributed by atoms with Crippen LogP contribution in [0.5, 0.6) is 0 Å². The van der Waals surface area contributed by atoms with Gasteiger partial charge in [0.25, 0.3) is 0 Å². The zero-order valence-electron chi connectivity index (χ0n) is 6.70. The number of thiophene rings is 1. The Hall–Kier alpha value is -1.15. The number of rotatable bonds is 1. The topological polar surface area (TPSA) is 17.1 Å². The van der Waals surface area contributed by atoms with Crippen LogP contribution in [0.2, 0.25) is 0 Å². The van der Waals surface area contributed by atoms with Gasteiger partial charge in [0, 0.05) is 4.70 Å². The summed E-state index contributed by atoms with van der Waals surface area (Å²) in [6, 6.07) is 9.50. The molecular weight excluding hydrogens is 156 g/mol. The highest BCUT2D eigenvalue weighted by atomic mass is 32.1. The Morgan fingerprint density at radius 2 is 2.27 bits per heavy atom. The van der Waals surface area contributed by atoms with Gasteiger partial charge in [-0.1, -0.05) is 18.2 Å². The molecule has 1 aromatic heterocycles. The number of hydrogen-bond acceptors (Lipinski definition) is 2. The summed E-state index contributed by atoms with van der Waals surface area (Å²) in [4.78, 5) is 11.2. The average molecular weight is 163 g/mol. The van der Waals surface area contributed by atoms with E-state index in [0.29, 0.717) is 4.88 Å². The molecule has 0 spiro atoms. The van der Waals surface area contributed by atoms with Crippen LogP contribution in [-0.2, 0) is 0 Å². The molecule has 1 aromatic carbocycles. The number of hydrogen-bond donors (Lipinski definition) is 0. The predicted octanol–water partition coefficient (Wildman–Crippen LogP) is 2.71. The Balaban J connectivity index is 2.70. The fourth-order valence-electron chi connectivity index (χ4n) is 1.03. The number of carbonyl (C=O) groups excluding carboxylic acids is 1. The SMILES string of the molecule is [2H]C(=O)c1cc2ccccc2s1. The van der Waals surface area contributed by atoms with Gasteiger partial charge in [0.1, 0.15) is 1.37 Å². The summed E-state index contributed by atoms with van der Waals surface area (Å²) < 4.78 is 7.99. The summed E-state index contributed by atoms with van der Waals surface area (Å²) in [5, 5.41) is 1.04. The lowest BCUT2D eigenvalue weighted by atomic mass is 10.2. The van der Waals surface area contributed by atoms with Crippen LogP contribution in [0.15, 0.2) is 30.3 Å². The van der Waals surface area contributed by atoms with Crippen LogP contribution in [0.3, 0.4) is 0 Å². The second-order valence-corrected chi connectivity index (χ2v) is 3.33. The molecule has 0 aliphatic heterocycles. The van der Waals surface area contributed by atoms with E-state index in [0.717, 1.165) is 10.1 Å². The van der Waals surface area contributed by atoms with Crippen molar-refractivity contribution in [1.82, 2.24) is 0 Å². The molecule has 0 saturated heterocycles. The highest BCUT2D eigenvalue weighted by Gasteiger charge is 1.97. The van der Waals surface area contributed by atoms with Gasteiger partial charge in [-0.3, -0.25) is 4.79 Å². The van der Waals surface area contributed by atoms with Crippen LogP contribution in [0.25, 0.3) is 10.1 Å². The van der Waals surface area contributed by atoms with Gasteiger partial charge in [0.05, 0.1) is 4.88 Å². The summed E-state index contributed by atoms with van der Waals surface area (Å²) in [7, 11) is 0. The van der Waals surface area contributed by atoms with Crippen LogP contribution in [-0.4, -0.2) is 6.26 Å². The van der Waals surface area contributed by atoms with Gasteiger partial charge in [0.15, 0.2) is 6.26 Å². The molecule has 0 unspecified atom stereocenters. The highest BCUT2D eigenvalue weighted by molar-refractivity contribution is 7.20. The molecule has 0 atom stereocenters. The summed E-state index contributed by atoms with van der Waals surface area (Å²) in [5.41, 5.74) is 0. The van der Waals surface area contributed by atoms with E-state index in [9.17, 15) is 4.79 Å². The second kappa shape index (κ2) is 2.47.